The summed E-state index contributed by atoms with van der Waals surface area (Å²) in [4.78, 5) is 13.3. The van der Waals surface area contributed by atoms with Crippen LogP contribution in [0.3, 0.4) is 0 Å². The number of nitrogens with one attached hydrogen (secondary N) is 2. The summed E-state index contributed by atoms with van der Waals surface area (Å²) >= 11 is 24.0. The number of carbonyl (C=O) groups is 1. The third-order valence-corrected chi connectivity index (χ3v) is 4.12. The van der Waals surface area contributed by atoms with E-state index < -0.39 is 9.96 Å². The van der Waals surface area contributed by atoms with Crippen molar-refractivity contribution in [1.82, 2.24) is 5.32 Å². The van der Waals surface area contributed by atoms with Crippen LogP contribution in [0.2, 0.25) is 5.02 Å². The average Bonchev–Trinajstić information content (AvgIpc) is 2.44. The van der Waals surface area contributed by atoms with Gasteiger partial charge in [0.1, 0.15) is 13.1 Å². The van der Waals surface area contributed by atoms with Gasteiger partial charge in [0.2, 0.25) is 6.17 Å². The van der Waals surface area contributed by atoms with E-state index >= 15 is 0 Å². The van der Waals surface area contributed by atoms with Crippen LogP contribution in [0, 0.1) is 0 Å². The van der Waals surface area contributed by atoms with Crippen molar-refractivity contribution < 1.29 is 14.4 Å². The molecule has 0 aliphatic carbocycles. The quantitative estimate of drug-likeness (QED) is 0.793. The molecule has 1 aromatic carbocycles. The van der Waals surface area contributed by atoms with Gasteiger partial charge in [-0.1, -0.05) is 52.5 Å². The van der Waals surface area contributed by atoms with Crippen LogP contribution in [0.5, 0.6) is 0 Å². The zero-order valence-corrected chi connectivity index (χ0v) is 14.1. The van der Waals surface area contributed by atoms with Crippen molar-refractivity contribution in [2.24, 2.45) is 0 Å². The number of rotatable bonds is 3. The van der Waals surface area contributed by atoms with Crippen molar-refractivity contribution in [3.05, 3.63) is 34.9 Å². The molecular formula is C13H15Cl4N2O2+. The molecule has 4 nitrogen and oxygen atoms in total. The highest BCUT2D eigenvalue weighted by Gasteiger charge is 2.42. The molecule has 8 heteroatoms. The Morgan fingerprint density at radius 3 is 2.52 bits per heavy atom. The predicted molar refractivity (Wildman–Crippen MR) is 84.5 cm³/mol. The minimum atomic E-state index is -1.61. The molecule has 1 fully saturated rings. The summed E-state index contributed by atoms with van der Waals surface area (Å²) in [6.07, 6.45) is -0.655. The minimum absolute atomic E-state index is 0.326. The normalized spacial score (nSPS) is 18.3. The molecule has 0 bridgehead atoms. The summed E-state index contributed by atoms with van der Waals surface area (Å²) < 4.78 is 3.68. The first kappa shape index (κ1) is 17.1. The van der Waals surface area contributed by atoms with Crippen LogP contribution in [0.4, 0.5) is 0 Å². The van der Waals surface area contributed by atoms with Gasteiger partial charge in [-0.05, 0) is 18.2 Å². The largest absolute Gasteiger partial charge is 0.370 e. The lowest BCUT2D eigenvalue weighted by atomic mass is 10.2. The Morgan fingerprint density at radius 2 is 1.95 bits per heavy atom. The Balaban J connectivity index is 2.13. The second kappa shape index (κ2) is 7.36. The number of morpholine rings is 1. The van der Waals surface area contributed by atoms with Gasteiger partial charge in [0.15, 0.2) is 0 Å². The van der Waals surface area contributed by atoms with E-state index in [0.717, 1.165) is 4.90 Å². The van der Waals surface area contributed by atoms with Crippen molar-refractivity contribution in [2.45, 2.75) is 9.96 Å². The van der Waals surface area contributed by atoms with E-state index in [1.54, 1.807) is 24.3 Å². The molecule has 0 unspecified atom stereocenters. The van der Waals surface area contributed by atoms with Gasteiger partial charge >= 0.3 is 0 Å². The van der Waals surface area contributed by atoms with Gasteiger partial charge in [-0.25, -0.2) is 0 Å². The van der Waals surface area contributed by atoms with E-state index in [9.17, 15) is 4.79 Å². The summed E-state index contributed by atoms with van der Waals surface area (Å²) in [7, 11) is 0. The van der Waals surface area contributed by atoms with Crippen LogP contribution >= 0.6 is 46.4 Å². The third-order valence-electron chi connectivity index (χ3n) is 3.23. The summed E-state index contributed by atoms with van der Waals surface area (Å²) in [5.41, 5.74) is 0.425. The molecule has 116 valence electrons. The maximum Gasteiger partial charge on any atom is 0.262 e. The molecule has 0 saturated carbocycles. The van der Waals surface area contributed by atoms with E-state index in [4.69, 9.17) is 51.1 Å². The number of carbonyl (C=O) groups excluding carboxylic acids is 1. The van der Waals surface area contributed by atoms with Crippen LogP contribution in [0.25, 0.3) is 0 Å². The Morgan fingerprint density at radius 1 is 1.29 bits per heavy atom. The monoisotopic (exact) mass is 371 g/mol. The molecule has 2 N–H and O–H groups in total. The van der Waals surface area contributed by atoms with Crippen LogP contribution in [0.15, 0.2) is 24.3 Å². The van der Waals surface area contributed by atoms with Gasteiger partial charge in [0, 0.05) is 10.6 Å². The number of alkyl halides is 3. The number of ether oxygens (including phenoxy) is 1. The van der Waals surface area contributed by atoms with E-state index in [2.05, 4.69) is 5.32 Å². The molecular weight excluding hydrogens is 358 g/mol. The third kappa shape index (κ3) is 4.88. The highest BCUT2D eigenvalue weighted by molar-refractivity contribution is 6.68. The van der Waals surface area contributed by atoms with E-state index in [1.165, 1.54) is 0 Å². The summed E-state index contributed by atoms with van der Waals surface area (Å²) in [5.74, 6) is -0.326. The van der Waals surface area contributed by atoms with Gasteiger partial charge in [0.05, 0.1) is 13.2 Å². The highest BCUT2D eigenvalue weighted by Crippen LogP contribution is 2.28. The Hall–Kier alpha value is -0.230. The molecule has 21 heavy (non-hydrogen) atoms. The van der Waals surface area contributed by atoms with Crippen LogP contribution in [0.1, 0.15) is 10.4 Å². The second-order valence-corrected chi connectivity index (χ2v) is 7.53. The van der Waals surface area contributed by atoms with E-state index in [0.29, 0.717) is 36.9 Å². The van der Waals surface area contributed by atoms with Gasteiger partial charge in [-0.2, -0.15) is 0 Å². The number of hydrogen-bond donors (Lipinski definition) is 2. The predicted octanol–water partition coefficient (Wildman–Crippen LogP) is 1.68. The lowest BCUT2D eigenvalue weighted by Gasteiger charge is -2.35. The summed E-state index contributed by atoms with van der Waals surface area (Å²) in [6.45, 7) is 2.46. The minimum Gasteiger partial charge on any atom is -0.370 e. The molecule has 1 saturated heterocycles. The zero-order valence-electron chi connectivity index (χ0n) is 11.0. The smallest absolute Gasteiger partial charge is 0.262 e. The van der Waals surface area contributed by atoms with Gasteiger partial charge in [0.25, 0.3) is 9.70 Å². The number of benzene rings is 1. The van der Waals surface area contributed by atoms with Crippen molar-refractivity contribution in [3.8, 4) is 0 Å². The van der Waals surface area contributed by atoms with Crippen LogP contribution < -0.4 is 10.2 Å². The highest BCUT2D eigenvalue weighted by atomic mass is 35.6. The molecule has 2 rings (SSSR count). The van der Waals surface area contributed by atoms with Gasteiger partial charge < -0.3 is 9.64 Å². The first-order valence-corrected chi connectivity index (χ1v) is 7.94. The molecule has 0 spiro atoms. The fraction of sp³-hybridized carbons (Fsp3) is 0.462. The maximum atomic E-state index is 12.3. The molecule has 1 aromatic rings. The Labute approximate surface area is 143 Å². The topological polar surface area (TPSA) is 42.8 Å². The SMILES string of the molecule is O=C(N[C@@H]([NH+]1CCOCC1)C(Cl)(Cl)Cl)c1cccc(Cl)c1. The average molecular weight is 373 g/mol. The Kier molecular flexibility index (Phi) is 6.00. The van der Waals surface area contributed by atoms with Crippen molar-refractivity contribution in [1.29, 1.82) is 0 Å². The molecule has 1 amide bonds. The van der Waals surface area contributed by atoms with E-state index in [-0.39, 0.29) is 5.91 Å². The lowest BCUT2D eigenvalue weighted by Crippen LogP contribution is -3.21. The maximum absolute atomic E-state index is 12.3. The first-order chi connectivity index (χ1) is 9.88. The molecule has 1 aliphatic heterocycles. The molecule has 0 radical (unpaired) electrons. The Bertz CT molecular complexity index is 501. The van der Waals surface area contributed by atoms with Crippen LogP contribution in [-0.2, 0) is 4.74 Å². The van der Waals surface area contributed by atoms with Crippen LogP contribution in [-0.4, -0.2) is 42.2 Å². The number of amides is 1. The van der Waals surface area contributed by atoms with Crippen molar-refractivity contribution in [3.63, 3.8) is 0 Å². The zero-order chi connectivity index (χ0) is 15.5. The van der Waals surface area contributed by atoms with Crippen molar-refractivity contribution in [2.75, 3.05) is 26.3 Å². The van der Waals surface area contributed by atoms with E-state index in [1.807, 2.05) is 0 Å². The standard InChI is InChI=1S/C13H14Cl4N2O2/c14-10-3-1-2-9(8-10)11(20)18-12(13(15,16)17)19-4-6-21-7-5-19/h1-3,8,12H,4-7H2,(H,18,20)/p+1/t12-/m0/s1. The molecule has 1 heterocycles. The fourth-order valence-corrected chi connectivity index (χ4v) is 3.00. The summed E-state index contributed by atoms with van der Waals surface area (Å²) in [5, 5.41) is 3.26. The molecule has 1 atom stereocenters. The number of quaternary nitrogens is 1. The first-order valence-electron chi connectivity index (χ1n) is 6.43. The number of halogens is 4. The fourth-order valence-electron chi connectivity index (χ4n) is 2.18. The second-order valence-electron chi connectivity index (χ2n) is 4.73. The lowest BCUT2D eigenvalue weighted by molar-refractivity contribution is -0.934. The van der Waals surface area contributed by atoms with Gasteiger partial charge in [-0.3, -0.25) is 10.1 Å². The molecule has 1 aliphatic rings. The number of hydrogen-bond acceptors (Lipinski definition) is 2. The van der Waals surface area contributed by atoms with Gasteiger partial charge in [-0.15, -0.1) is 0 Å². The summed E-state index contributed by atoms with van der Waals surface area (Å²) in [6, 6.07) is 6.62. The molecule has 0 aromatic heterocycles. The van der Waals surface area contributed by atoms with Crippen molar-refractivity contribution >= 4 is 52.3 Å².